The molecule has 0 aliphatic heterocycles. The minimum Gasteiger partial charge on any atom is -0.496 e. The number of H-pyrrole nitrogens is 1. The molecular formula is C26H35N5O3. The van der Waals surface area contributed by atoms with Crippen molar-refractivity contribution in [1.29, 1.82) is 0 Å². The van der Waals surface area contributed by atoms with Gasteiger partial charge in [-0.3, -0.25) is 9.36 Å². The Hall–Kier alpha value is -3.26. The van der Waals surface area contributed by atoms with Crippen molar-refractivity contribution >= 4 is 28.3 Å². The van der Waals surface area contributed by atoms with E-state index in [4.69, 9.17) is 4.74 Å². The summed E-state index contributed by atoms with van der Waals surface area (Å²) in [6.07, 6.45) is 3.08. The van der Waals surface area contributed by atoms with Crippen molar-refractivity contribution in [2.45, 2.75) is 38.6 Å². The molecule has 1 fully saturated rings. The second-order valence-corrected chi connectivity index (χ2v) is 9.41. The van der Waals surface area contributed by atoms with Crippen molar-refractivity contribution in [3.8, 4) is 5.75 Å². The quantitative estimate of drug-likeness (QED) is 0.468. The molecule has 8 heteroatoms. The number of anilines is 2. The van der Waals surface area contributed by atoms with Crippen molar-refractivity contribution < 1.29 is 9.53 Å². The number of aromatic amines is 1. The van der Waals surface area contributed by atoms with Gasteiger partial charge in [0, 0.05) is 36.8 Å². The van der Waals surface area contributed by atoms with E-state index in [0.717, 1.165) is 72.5 Å². The molecule has 4 rings (SSSR count). The van der Waals surface area contributed by atoms with E-state index in [1.165, 1.54) is 0 Å². The summed E-state index contributed by atoms with van der Waals surface area (Å²) in [6.45, 7) is 3.68. The Balaban J connectivity index is 1.43. The second kappa shape index (κ2) is 10.3. The third-order valence-corrected chi connectivity index (χ3v) is 6.74. The number of para-hydroxylation sites is 1. The van der Waals surface area contributed by atoms with Crippen molar-refractivity contribution in [2.75, 3.05) is 44.9 Å². The predicted octanol–water partition coefficient (Wildman–Crippen LogP) is 3.99. The van der Waals surface area contributed by atoms with Crippen molar-refractivity contribution in [2.24, 2.45) is 5.92 Å². The van der Waals surface area contributed by atoms with E-state index in [-0.39, 0.29) is 23.6 Å². The van der Waals surface area contributed by atoms with Gasteiger partial charge in [0.2, 0.25) is 5.91 Å². The van der Waals surface area contributed by atoms with Crippen LogP contribution in [-0.4, -0.2) is 54.7 Å². The number of rotatable bonds is 8. The third kappa shape index (κ3) is 5.12. The first kappa shape index (κ1) is 23.9. The molecule has 1 amide bonds. The third-order valence-electron chi connectivity index (χ3n) is 6.74. The Morgan fingerprint density at radius 3 is 2.65 bits per heavy atom. The number of imidazole rings is 1. The van der Waals surface area contributed by atoms with E-state index in [1.54, 1.807) is 7.11 Å². The highest BCUT2D eigenvalue weighted by Crippen LogP contribution is 2.35. The van der Waals surface area contributed by atoms with Crippen LogP contribution in [-0.2, 0) is 4.79 Å². The molecule has 0 bridgehead atoms. The van der Waals surface area contributed by atoms with Crippen LogP contribution in [0.1, 0.15) is 37.3 Å². The minimum atomic E-state index is -0.0866. The monoisotopic (exact) mass is 465 g/mol. The van der Waals surface area contributed by atoms with Gasteiger partial charge in [0.1, 0.15) is 5.75 Å². The number of aromatic nitrogens is 2. The normalized spacial score (nSPS) is 18.3. The highest BCUT2D eigenvalue weighted by Gasteiger charge is 2.29. The number of hydrogen-bond acceptors (Lipinski definition) is 5. The smallest absolute Gasteiger partial charge is 0.326 e. The fourth-order valence-electron chi connectivity index (χ4n) is 4.81. The molecule has 0 atom stereocenters. The van der Waals surface area contributed by atoms with Gasteiger partial charge >= 0.3 is 5.69 Å². The molecule has 34 heavy (non-hydrogen) atoms. The van der Waals surface area contributed by atoms with E-state index in [9.17, 15) is 9.59 Å². The molecule has 1 aliphatic carbocycles. The first-order chi connectivity index (χ1) is 16.4. The van der Waals surface area contributed by atoms with Crippen LogP contribution in [0.15, 0.2) is 41.2 Å². The second-order valence-electron chi connectivity index (χ2n) is 9.41. The lowest BCUT2D eigenvalue weighted by Gasteiger charge is -2.28. The molecular weight excluding hydrogens is 430 g/mol. The number of nitrogens with one attached hydrogen (secondary N) is 3. The Kier molecular flexibility index (Phi) is 7.26. The number of nitrogens with zero attached hydrogens (tertiary/aromatic N) is 2. The molecule has 8 nitrogen and oxygen atoms in total. The average molecular weight is 466 g/mol. The van der Waals surface area contributed by atoms with Gasteiger partial charge in [-0.15, -0.1) is 0 Å². The molecule has 1 aliphatic rings. The standard InChI is InChI=1S/C26H35N5O3/c1-17-8-11-19(16-23(17)34-4)28-25(32)18-9-12-20(13-10-18)31-22-7-5-6-21(24(22)29-26(31)33)27-14-15-30(2)3/h5-8,11,16,18,20,27H,9-10,12-15H2,1-4H3,(H,28,32)(H,29,33). The number of carbonyl (C=O) groups is 1. The summed E-state index contributed by atoms with van der Waals surface area (Å²) in [5.74, 6) is 0.728. The summed E-state index contributed by atoms with van der Waals surface area (Å²) >= 11 is 0. The summed E-state index contributed by atoms with van der Waals surface area (Å²) in [6, 6.07) is 11.8. The maximum absolute atomic E-state index is 12.9. The van der Waals surface area contributed by atoms with Gasteiger partial charge in [-0.1, -0.05) is 12.1 Å². The number of methoxy groups -OCH3 is 1. The number of fused-ring (bicyclic) bond motifs is 1. The van der Waals surface area contributed by atoms with Crippen LogP contribution in [0.2, 0.25) is 0 Å². The lowest BCUT2D eigenvalue weighted by atomic mass is 9.85. The molecule has 0 radical (unpaired) electrons. The molecule has 0 unspecified atom stereocenters. The molecule has 2 aromatic carbocycles. The maximum Gasteiger partial charge on any atom is 0.326 e. The van der Waals surface area contributed by atoms with Crippen LogP contribution < -0.4 is 21.1 Å². The van der Waals surface area contributed by atoms with Crippen LogP contribution in [0, 0.1) is 12.8 Å². The van der Waals surface area contributed by atoms with Gasteiger partial charge in [0.05, 0.1) is 23.8 Å². The van der Waals surface area contributed by atoms with Crippen LogP contribution in [0.5, 0.6) is 5.75 Å². The highest BCUT2D eigenvalue weighted by molar-refractivity contribution is 5.93. The summed E-state index contributed by atoms with van der Waals surface area (Å²) in [4.78, 5) is 30.9. The zero-order valence-corrected chi connectivity index (χ0v) is 20.5. The highest BCUT2D eigenvalue weighted by atomic mass is 16.5. The van der Waals surface area contributed by atoms with Crippen LogP contribution in [0.25, 0.3) is 11.0 Å². The molecule has 1 aromatic heterocycles. The summed E-state index contributed by atoms with van der Waals surface area (Å²) in [5, 5.41) is 6.47. The molecule has 0 saturated heterocycles. The predicted molar refractivity (Wildman–Crippen MR) is 137 cm³/mol. The van der Waals surface area contributed by atoms with Crippen molar-refractivity contribution in [3.05, 3.63) is 52.4 Å². The van der Waals surface area contributed by atoms with Gasteiger partial charge in [-0.05, 0) is 70.5 Å². The number of ether oxygens (including phenoxy) is 1. The van der Waals surface area contributed by atoms with Crippen LogP contribution >= 0.6 is 0 Å². The molecule has 1 saturated carbocycles. The Morgan fingerprint density at radius 1 is 1.18 bits per heavy atom. The van der Waals surface area contributed by atoms with Gasteiger partial charge in [-0.25, -0.2) is 4.79 Å². The zero-order chi connectivity index (χ0) is 24.2. The van der Waals surface area contributed by atoms with Crippen LogP contribution in [0.4, 0.5) is 11.4 Å². The maximum atomic E-state index is 12.9. The first-order valence-corrected chi connectivity index (χ1v) is 11.9. The first-order valence-electron chi connectivity index (χ1n) is 11.9. The van der Waals surface area contributed by atoms with E-state index < -0.39 is 0 Å². The fraction of sp³-hybridized carbons (Fsp3) is 0.462. The number of carbonyl (C=O) groups excluding carboxylic acids is 1. The van der Waals surface area contributed by atoms with Gasteiger partial charge in [0.15, 0.2) is 0 Å². The summed E-state index contributed by atoms with van der Waals surface area (Å²) in [5.41, 5.74) is 4.39. The zero-order valence-electron chi connectivity index (χ0n) is 20.5. The van der Waals surface area contributed by atoms with Gasteiger partial charge in [-0.2, -0.15) is 0 Å². The summed E-state index contributed by atoms with van der Waals surface area (Å²) < 4.78 is 7.24. The largest absolute Gasteiger partial charge is 0.496 e. The number of hydrogen-bond donors (Lipinski definition) is 3. The average Bonchev–Trinajstić information content (AvgIpc) is 3.16. The SMILES string of the molecule is COc1cc(NC(=O)C2CCC(n3c(=O)[nH]c4c(NCCN(C)C)cccc43)CC2)ccc1C. The van der Waals surface area contributed by atoms with Gasteiger partial charge in [0.25, 0.3) is 0 Å². The molecule has 3 aromatic rings. The van der Waals surface area contributed by atoms with E-state index >= 15 is 0 Å². The lowest BCUT2D eigenvalue weighted by Crippen LogP contribution is -2.31. The number of aryl methyl sites for hydroxylation is 1. The van der Waals surface area contributed by atoms with Crippen molar-refractivity contribution in [1.82, 2.24) is 14.5 Å². The number of likely N-dealkylation sites (N-methyl/N-ethyl adjacent to an activating group) is 1. The molecule has 1 heterocycles. The topological polar surface area (TPSA) is 91.4 Å². The Bertz CT molecular complexity index is 1200. The van der Waals surface area contributed by atoms with Crippen LogP contribution in [0.3, 0.4) is 0 Å². The van der Waals surface area contributed by atoms with E-state index in [0.29, 0.717) is 0 Å². The molecule has 0 spiro atoms. The van der Waals surface area contributed by atoms with E-state index in [2.05, 4.69) is 20.5 Å². The Morgan fingerprint density at radius 2 is 1.94 bits per heavy atom. The lowest BCUT2D eigenvalue weighted by molar-refractivity contribution is -0.121. The number of amides is 1. The minimum absolute atomic E-state index is 0.0306. The fourth-order valence-corrected chi connectivity index (χ4v) is 4.81. The number of benzene rings is 2. The summed E-state index contributed by atoms with van der Waals surface area (Å²) in [7, 11) is 5.70. The van der Waals surface area contributed by atoms with Crippen molar-refractivity contribution in [3.63, 3.8) is 0 Å². The molecule has 3 N–H and O–H groups in total. The Labute approximate surface area is 200 Å². The van der Waals surface area contributed by atoms with E-state index in [1.807, 2.05) is 62.0 Å². The molecule has 182 valence electrons. The van der Waals surface area contributed by atoms with Gasteiger partial charge < -0.3 is 25.3 Å².